The molecule has 0 aliphatic carbocycles. The molecule has 0 spiro atoms. The summed E-state index contributed by atoms with van der Waals surface area (Å²) in [5.41, 5.74) is 1.78. The number of alkyl halides is 1. The summed E-state index contributed by atoms with van der Waals surface area (Å²) in [7, 11) is 1.85. The summed E-state index contributed by atoms with van der Waals surface area (Å²) in [6.07, 6.45) is 2.40. The van der Waals surface area contributed by atoms with E-state index in [1.807, 2.05) is 29.8 Å². The Kier molecular flexibility index (Phi) is 3.63. The van der Waals surface area contributed by atoms with Crippen molar-refractivity contribution in [2.75, 3.05) is 0 Å². The van der Waals surface area contributed by atoms with Crippen molar-refractivity contribution in [3.05, 3.63) is 41.2 Å². The minimum atomic E-state index is 0.348. The standard InChI is InChI=1S/C13H13Cl2N5/c1-19-8-16-11(18-19)5-6-20-12(7-14)17-10-4-2-3-9(15)13(10)20/h2-4,8H,5-7H2,1H3. The number of aryl methyl sites for hydroxylation is 3. The van der Waals surface area contributed by atoms with Crippen LogP contribution < -0.4 is 0 Å². The normalized spacial score (nSPS) is 11.3. The van der Waals surface area contributed by atoms with Crippen LogP contribution in [0, 0.1) is 0 Å². The molecule has 0 aliphatic heterocycles. The van der Waals surface area contributed by atoms with Crippen LogP contribution in [0.3, 0.4) is 0 Å². The highest BCUT2D eigenvalue weighted by molar-refractivity contribution is 6.35. The number of para-hydroxylation sites is 1. The number of nitrogens with zero attached hydrogens (tertiary/aromatic N) is 5. The number of hydrogen-bond acceptors (Lipinski definition) is 3. The molecule has 0 amide bonds. The van der Waals surface area contributed by atoms with Gasteiger partial charge < -0.3 is 4.57 Å². The third-order valence-electron chi connectivity index (χ3n) is 3.12. The predicted octanol–water partition coefficient (Wildman–Crippen LogP) is 2.80. The van der Waals surface area contributed by atoms with Crippen LogP contribution >= 0.6 is 23.2 Å². The molecular formula is C13H13Cl2N5. The third-order valence-corrected chi connectivity index (χ3v) is 3.67. The molecule has 3 rings (SSSR count). The molecule has 2 heterocycles. The highest BCUT2D eigenvalue weighted by Gasteiger charge is 2.13. The second-order valence-electron chi connectivity index (χ2n) is 4.51. The molecule has 7 heteroatoms. The van der Waals surface area contributed by atoms with Gasteiger partial charge in [0.25, 0.3) is 0 Å². The molecule has 0 unspecified atom stereocenters. The first-order chi connectivity index (χ1) is 9.69. The lowest BCUT2D eigenvalue weighted by Gasteiger charge is -2.07. The van der Waals surface area contributed by atoms with Crippen molar-refractivity contribution < 1.29 is 0 Å². The summed E-state index contributed by atoms with van der Waals surface area (Å²) in [6.45, 7) is 0.701. The first-order valence-corrected chi connectivity index (χ1v) is 7.14. The summed E-state index contributed by atoms with van der Waals surface area (Å²) >= 11 is 12.3. The van der Waals surface area contributed by atoms with E-state index in [2.05, 4.69) is 15.1 Å². The Morgan fingerprint density at radius 3 is 2.85 bits per heavy atom. The molecule has 5 nitrogen and oxygen atoms in total. The van der Waals surface area contributed by atoms with E-state index in [0.717, 1.165) is 22.7 Å². The largest absolute Gasteiger partial charge is 0.325 e. The van der Waals surface area contributed by atoms with E-state index in [1.54, 1.807) is 11.0 Å². The molecule has 20 heavy (non-hydrogen) atoms. The molecule has 2 aromatic heterocycles. The summed E-state index contributed by atoms with van der Waals surface area (Å²) in [4.78, 5) is 8.74. The van der Waals surface area contributed by atoms with Gasteiger partial charge in [0.05, 0.1) is 21.9 Å². The zero-order valence-electron chi connectivity index (χ0n) is 10.9. The average Bonchev–Trinajstić information content (AvgIpc) is 3.00. The minimum Gasteiger partial charge on any atom is -0.325 e. The number of fused-ring (bicyclic) bond motifs is 1. The summed E-state index contributed by atoms with van der Waals surface area (Å²) in [5, 5.41) is 4.95. The summed E-state index contributed by atoms with van der Waals surface area (Å²) in [5.74, 6) is 1.95. The van der Waals surface area contributed by atoms with Gasteiger partial charge in [-0.25, -0.2) is 9.97 Å². The van der Waals surface area contributed by atoms with Gasteiger partial charge in [-0.05, 0) is 12.1 Å². The van der Waals surface area contributed by atoms with Gasteiger partial charge in [0.2, 0.25) is 0 Å². The minimum absolute atomic E-state index is 0.348. The zero-order chi connectivity index (χ0) is 14.1. The first-order valence-electron chi connectivity index (χ1n) is 6.23. The Morgan fingerprint density at radius 2 is 2.15 bits per heavy atom. The average molecular weight is 310 g/mol. The van der Waals surface area contributed by atoms with Gasteiger partial charge in [-0.3, -0.25) is 4.68 Å². The monoisotopic (exact) mass is 309 g/mol. The number of benzene rings is 1. The molecule has 0 N–H and O–H groups in total. The Hall–Kier alpha value is -1.59. The second-order valence-corrected chi connectivity index (χ2v) is 5.18. The lowest BCUT2D eigenvalue weighted by Crippen LogP contribution is -2.06. The fourth-order valence-electron chi connectivity index (χ4n) is 2.24. The highest BCUT2D eigenvalue weighted by atomic mass is 35.5. The Morgan fingerprint density at radius 1 is 1.30 bits per heavy atom. The molecule has 0 fully saturated rings. The maximum atomic E-state index is 6.28. The van der Waals surface area contributed by atoms with Crippen molar-refractivity contribution in [1.29, 1.82) is 0 Å². The van der Waals surface area contributed by atoms with Crippen LogP contribution in [0.15, 0.2) is 24.5 Å². The van der Waals surface area contributed by atoms with E-state index in [1.165, 1.54) is 0 Å². The molecule has 0 radical (unpaired) electrons. The molecule has 0 saturated heterocycles. The smallest absolute Gasteiger partial charge is 0.152 e. The molecule has 104 valence electrons. The quantitative estimate of drug-likeness (QED) is 0.696. The molecule has 3 aromatic rings. The third kappa shape index (κ3) is 2.39. The number of halogens is 2. The number of rotatable bonds is 4. The van der Waals surface area contributed by atoms with E-state index in [4.69, 9.17) is 23.2 Å². The Balaban J connectivity index is 1.97. The van der Waals surface area contributed by atoms with Gasteiger partial charge in [0.15, 0.2) is 5.82 Å². The number of hydrogen-bond donors (Lipinski definition) is 0. The maximum absolute atomic E-state index is 6.28. The highest BCUT2D eigenvalue weighted by Crippen LogP contribution is 2.25. The van der Waals surface area contributed by atoms with Gasteiger partial charge in [-0.15, -0.1) is 11.6 Å². The van der Waals surface area contributed by atoms with Crippen LogP contribution in [0.25, 0.3) is 11.0 Å². The molecule has 1 aromatic carbocycles. The number of imidazole rings is 1. The molecule has 0 atom stereocenters. The Bertz CT molecular complexity index is 746. The van der Waals surface area contributed by atoms with Crippen molar-refractivity contribution in [2.24, 2.45) is 7.05 Å². The number of aromatic nitrogens is 5. The maximum Gasteiger partial charge on any atom is 0.152 e. The Labute approximate surface area is 126 Å². The van der Waals surface area contributed by atoms with Crippen LogP contribution in [0.4, 0.5) is 0 Å². The first kappa shape index (κ1) is 13.4. The van der Waals surface area contributed by atoms with Crippen LogP contribution in [-0.4, -0.2) is 24.3 Å². The van der Waals surface area contributed by atoms with Crippen LogP contribution in [0.2, 0.25) is 5.02 Å². The van der Waals surface area contributed by atoms with Crippen molar-refractivity contribution >= 4 is 34.2 Å². The van der Waals surface area contributed by atoms with Gasteiger partial charge >= 0.3 is 0 Å². The fourth-order valence-corrected chi connectivity index (χ4v) is 2.72. The van der Waals surface area contributed by atoms with Crippen molar-refractivity contribution in [1.82, 2.24) is 24.3 Å². The van der Waals surface area contributed by atoms with Crippen LogP contribution in [0.1, 0.15) is 11.6 Å². The lowest BCUT2D eigenvalue weighted by atomic mass is 10.3. The van der Waals surface area contributed by atoms with Crippen molar-refractivity contribution in [3.8, 4) is 0 Å². The molecule has 0 aliphatic rings. The lowest BCUT2D eigenvalue weighted by molar-refractivity contribution is 0.654. The van der Waals surface area contributed by atoms with E-state index in [0.29, 0.717) is 23.9 Å². The van der Waals surface area contributed by atoms with E-state index < -0.39 is 0 Å². The van der Waals surface area contributed by atoms with Crippen molar-refractivity contribution in [2.45, 2.75) is 18.8 Å². The second kappa shape index (κ2) is 5.42. The molecule has 0 bridgehead atoms. The fraction of sp³-hybridized carbons (Fsp3) is 0.308. The van der Waals surface area contributed by atoms with Crippen LogP contribution in [-0.2, 0) is 25.9 Å². The van der Waals surface area contributed by atoms with Gasteiger partial charge in [0, 0.05) is 20.0 Å². The van der Waals surface area contributed by atoms with Gasteiger partial charge in [-0.1, -0.05) is 17.7 Å². The predicted molar refractivity (Wildman–Crippen MR) is 79.0 cm³/mol. The van der Waals surface area contributed by atoms with Gasteiger partial charge in [0.1, 0.15) is 12.2 Å². The SMILES string of the molecule is Cn1cnc(CCn2c(CCl)nc3cccc(Cl)c32)n1. The molecular weight excluding hydrogens is 297 g/mol. The van der Waals surface area contributed by atoms with Gasteiger partial charge in [-0.2, -0.15) is 5.10 Å². The van der Waals surface area contributed by atoms with E-state index >= 15 is 0 Å². The van der Waals surface area contributed by atoms with Crippen molar-refractivity contribution in [3.63, 3.8) is 0 Å². The van der Waals surface area contributed by atoms with E-state index in [-0.39, 0.29) is 0 Å². The summed E-state index contributed by atoms with van der Waals surface area (Å²) in [6, 6.07) is 5.69. The van der Waals surface area contributed by atoms with Crippen LogP contribution in [0.5, 0.6) is 0 Å². The zero-order valence-corrected chi connectivity index (χ0v) is 12.4. The summed E-state index contributed by atoms with van der Waals surface area (Å²) < 4.78 is 3.73. The topological polar surface area (TPSA) is 48.5 Å². The van der Waals surface area contributed by atoms with E-state index in [9.17, 15) is 0 Å². The molecule has 0 saturated carbocycles.